The van der Waals surface area contributed by atoms with Gasteiger partial charge in [0.05, 0.1) is 0 Å². The van der Waals surface area contributed by atoms with E-state index in [1.54, 1.807) is 4.90 Å². The van der Waals surface area contributed by atoms with E-state index in [1.165, 1.54) is 5.56 Å². The summed E-state index contributed by atoms with van der Waals surface area (Å²) in [6.07, 6.45) is 1.86. The molecule has 0 aliphatic carbocycles. The molecule has 1 aromatic heterocycles. The van der Waals surface area contributed by atoms with E-state index in [0.29, 0.717) is 13.1 Å². The van der Waals surface area contributed by atoms with Crippen molar-refractivity contribution in [3.63, 3.8) is 0 Å². The minimum Gasteiger partial charge on any atom is -0.354 e. The Bertz CT molecular complexity index is 753. The van der Waals surface area contributed by atoms with Crippen LogP contribution in [0.5, 0.6) is 0 Å². The summed E-state index contributed by atoms with van der Waals surface area (Å²) in [6, 6.07) is 12.1. The molecule has 1 aromatic carbocycles. The first-order valence-corrected chi connectivity index (χ1v) is 9.45. The molecule has 6 nitrogen and oxygen atoms in total. The van der Waals surface area contributed by atoms with Crippen molar-refractivity contribution in [2.24, 2.45) is 0 Å². The Labute approximate surface area is 161 Å². The lowest BCUT2D eigenvalue weighted by molar-refractivity contribution is 0.206. The first kappa shape index (κ1) is 19.2. The van der Waals surface area contributed by atoms with Gasteiger partial charge >= 0.3 is 6.03 Å². The van der Waals surface area contributed by atoms with Crippen LogP contribution in [0.15, 0.2) is 42.6 Å². The Morgan fingerprint density at radius 1 is 1.15 bits per heavy atom. The van der Waals surface area contributed by atoms with Crippen LogP contribution < -0.4 is 10.2 Å². The summed E-state index contributed by atoms with van der Waals surface area (Å²) >= 11 is 0. The Morgan fingerprint density at radius 2 is 1.89 bits per heavy atom. The fraction of sp³-hybridized carbons (Fsp3) is 0.429. The average molecular weight is 367 g/mol. The third-order valence-electron chi connectivity index (χ3n) is 5.10. The lowest BCUT2D eigenvalue weighted by Gasteiger charge is -2.33. The van der Waals surface area contributed by atoms with E-state index in [4.69, 9.17) is 0 Å². The monoisotopic (exact) mass is 367 g/mol. The zero-order valence-electron chi connectivity index (χ0n) is 16.5. The largest absolute Gasteiger partial charge is 0.354 e. The van der Waals surface area contributed by atoms with Crippen molar-refractivity contribution in [2.75, 3.05) is 45.2 Å². The van der Waals surface area contributed by atoms with Gasteiger partial charge in [-0.05, 0) is 36.7 Å². The maximum atomic E-state index is 12.4. The molecule has 0 saturated carbocycles. The molecule has 144 valence electrons. The van der Waals surface area contributed by atoms with Gasteiger partial charge in [-0.25, -0.2) is 9.78 Å². The highest BCUT2D eigenvalue weighted by Gasteiger charge is 2.15. The third kappa shape index (κ3) is 5.20. The van der Waals surface area contributed by atoms with Gasteiger partial charge < -0.3 is 20.0 Å². The lowest BCUT2D eigenvalue weighted by atomic mass is 10.1. The fourth-order valence-electron chi connectivity index (χ4n) is 3.17. The number of nitrogens with zero attached hydrogens (tertiary/aromatic N) is 4. The summed E-state index contributed by atoms with van der Waals surface area (Å²) in [5, 5.41) is 2.97. The van der Waals surface area contributed by atoms with Gasteiger partial charge in [0, 0.05) is 52.5 Å². The zero-order chi connectivity index (χ0) is 19.2. The van der Waals surface area contributed by atoms with Crippen molar-refractivity contribution in [2.45, 2.75) is 20.0 Å². The van der Waals surface area contributed by atoms with Crippen molar-refractivity contribution in [1.82, 2.24) is 20.1 Å². The maximum absolute atomic E-state index is 12.4. The van der Waals surface area contributed by atoms with Crippen LogP contribution in [0, 0.1) is 6.92 Å². The van der Waals surface area contributed by atoms with E-state index >= 15 is 0 Å². The molecule has 1 N–H and O–H groups in total. The highest BCUT2D eigenvalue weighted by molar-refractivity contribution is 5.73. The van der Waals surface area contributed by atoms with Gasteiger partial charge in [0.2, 0.25) is 0 Å². The van der Waals surface area contributed by atoms with Crippen molar-refractivity contribution < 1.29 is 4.79 Å². The van der Waals surface area contributed by atoms with Gasteiger partial charge in [-0.1, -0.05) is 30.3 Å². The molecule has 0 bridgehead atoms. The summed E-state index contributed by atoms with van der Waals surface area (Å²) in [4.78, 5) is 23.3. The number of hydrogen-bond donors (Lipinski definition) is 1. The molecule has 6 heteroatoms. The molecule has 1 fully saturated rings. The molecule has 2 heterocycles. The maximum Gasteiger partial charge on any atom is 0.317 e. The van der Waals surface area contributed by atoms with Crippen molar-refractivity contribution in [1.29, 1.82) is 0 Å². The van der Waals surface area contributed by atoms with E-state index < -0.39 is 0 Å². The number of urea groups is 1. The van der Waals surface area contributed by atoms with E-state index in [2.05, 4.69) is 46.2 Å². The molecular formula is C21H29N5O. The lowest BCUT2D eigenvalue weighted by Crippen LogP contribution is -2.44. The molecule has 1 aliphatic rings. The second-order valence-electron chi connectivity index (χ2n) is 7.26. The Kier molecular flexibility index (Phi) is 6.29. The Hall–Kier alpha value is -2.60. The van der Waals surface area contributed by atoms with Gasteiger partial charge in [0.15, 0.2) is 0 Å². The summed E-state index contributed by atoms with van der Waals surface area (Å²) in [5.41, 5.74) is 3.36. The first-order valence-electron chi connectivity index (χ1n) is 9.45. The third-order valence-corrected chi connectivity index (χ3v) is 5.10. The SMILES string of the molecule is Cc1ccccc1CN(C)C(=O)NCc1ccc(N2CCN(C)CC2)nc1. The highest BCUT2D eigenvalue weighted by atomic mass is 16.2. The number of nitrogens with one attached hydrogen (secondary N) is 1. The smallest absolute Gasteiger partial charge is 0.317 e. The number of aromatic nitrogens is 1. The highest BCUT2D eigenvalue weighted by Crippen LogP contribution is 2.14. The van der Waals surface area contributed by atoms with Crippen LogP contribution in [0.25, 0.3) is 0 Å². The first-order chi connectivity index (χ1) is 13.0. The zero-order valence-corrected chi connectivity index (χ0v) is 16.5. The number of aryl methyl sites for hydroxylation is 1. The van der Waals surface area contributed by atoms with Crippen molar-refractivity contribution >= 4 is 11.8 Å². The molecule has 27 heavy (non-hydrogen) atoms. The van der Waals surface area contributed by atoms with Gasteiger partial charge in [0.25, 0.3) is 0 Å². The molecule has 2 aromatic rings. The predicted octanol–water partition coefficient (Wildman–Crippen LogP) is 2.48. The summed E-state index contributed by atoms with van der Waals surface area (Å²) < 4.78 is 0. The molecule has 1 aliphatic heterocycles. The van der Waals surface area contributed by atoms with Crippen LogP contribution in [0.3, 0.4) is 0 Å². The second-order valence-corrected chi connectivity index (χ2v) is 7.26. The van der Waals surface area contributed by atoms with E-state index in [0.717, 1.165) is 43.1 Å². The van der Waals surface area contributed by atoms with E-state index in [-0.39, 0.29) is 6.03 Å². The van der Waals surface area contributed by atoms with Crippen LogP contribution in [0.4, 0.5) is 10.6 Å². The standard InChI is InChI=1S/C21H29N5O/c1-17-6-4-5-7-19(17)16-25(3)21(27)23-15-18-8-9-20(22-14-18)26-12-10-24(2)11-13-26/h4-9,14H,10-13,15-16H2,1-3H3,(H,23,27). The molecular weight excluding hydrogens is 338 g/mol. The Morgan fingerprint density at radius 3 is 2.56 bits per heavy atom. The van der Waals surface area contributed by atoms with Crippen molar-refractivity contribution in [3.05, 3.63) is 59.3 Å². The van der Waals surface area contributed by atoms with Gasteiger partial charge in [0.1, 0.15) is 5.82 Å². The summed E-state index contributed by atoms with van der Waals surface area (Å²) in [7, 11) is 3.96. The quantitative estimate of drug-likeness (QED) is 0.882. The van der Waals surface area contributed by atoms with Crippen LogP contribution in [-0.2, 0) is 13.1 Å². The van der Waals surface area contributed by atoms with Crippen LogP contribution in [-0.4, -0.2) is 61.1 Å². The van der Waals surface area contributed by atoms with Gasteiger partial charge in [-0.15, -0.1) is 0 Å². The number of rotatable bonds is 5. The molecule has 0 atom stereocenters. The summed E-state index contributed by atoms with van der Waals surface area (Å²) in [5.74, 6) is 1.01. The van der Waals surface area contributed by atoms with Crippen LogP contribution in [0.1, 0.15) is 16.7 Å². The predicted molar refractivity (Wildman–Crippen MR) is 109 cm³/mol. The molecule has 0 unspecified atom stereocenters. The minimum atomic E-state index is -0.0820. The number of carbonyl (C=O) groups is 1. The second kappa shape index (κ2) is 8.86. The number of carbonyl (C=O) groups excluding carboxylic acids is 1. The van der Waals surface area contributed by atoms with Crippen LogP contribution >= 0.6 is 0 Å². The molecule has 3 rings (SSSR count). The topological polar surface area (TPSA) is 51.7 Å². The number of amides is 2. The van der Waals surface area contributed by atoms with E-state index in [9.17, 15) is 4.79 Å². The number of hydrogen-bond acceptors (Lipinski definition) is 4. The van der Waals surface area contributed by atoms with Gasteiger partial charge in [-0.2, -0.15) is 0 Å². The average Bonchev–Trinajstić information content (AvgIpc) is 2.69. The number of likely N-dealkylation sites (N-methyl/N-ethyl adjacent to an activating group) is 1. The molecule has 1 saturated heterocycles. The summed E-state index contributed by atoms with van der Waals surface area (Å²) in [6.45, 7) is 7.27. The number of anilines is 1. The number of benzene rings is 1. The van der Waals surface area contributed by atoms with Gasteiger partial charge in [-0.3, -0.25) is 0 Å². The molecule has 0 radical (unpaired) electrons. The minimum absolute atomic E-state index is 0.0820. The molecule has 0 spiro atoms. The van der Waals surface area contributed by atoms with Crippen molar-refractivity contribution in [3.8, 4) is 0 Å². The molecule has 2 amide bonds. The fourth-order valence-corrected chi connectivity index (χ4v) is 3.17. The number of pyridine rings is 1. The Balaban J connectivity index is 1.49. The normalized spacial score (nSPS) is 14.9. The number of piperazine rings is 1. The van der Waals surface area contributed by atoms with Crippen LogP contribution in [0.2, 0.25) is 0 Å². The van der Waals surface area contributed by atoms with E-state index in [1.807, 2.05) is 37.5 Å².